The molecule has 0 nitrogen and oxygen atoms in total. The number of allylic oxidation sites excluding steroid dienone is 12. The van der Waals surface area contributed by atoms with E-state index < -0.39 is 0 Å². The van der Waals surface area contributed by atoms with Gasteiger partial charge in [-0.15, -0.1) is 0 Å². The molecular formula is C62H52. The second-order valence-corrected chi connectivity index (χ2v) is 16.2. The molecule has 3 aliphatic rings. The Kier molecular flexibility index (Phi) is 11.2. The lowest BCUT2D eigenvalue weighted by atomic mass is 9.69. The molecule has 8 aromatic rings. The van der Waals surface area contributed by atoms with Crippen LogP contribution < -0.4 is 0 Å². The van der Waals surface area contributed by atoms with Gasteiger partial charge in [0.15, 0.2) is 0 Å². The Bertz CT molecular complexity index is 3110. The Hall–Kier alpha value is -7.28. The number of benzene rings is 8. The molecule has 0 aromatic heterocycles. The van der Waals surface area contributed by atoms with Gasteiger partial charge >= 0.3 is 0 Å². The van der Waals surface area contributed by atoms with E-state index in [1.54, 1.807) is 0 Å². The Balaban J connectivity index is 0.000000325. The number of hydrogen-bond acceptors (Lipinski definition) is 0. The maximum atomic E-state index is 2.46. The van der Waals surface area contributed by atoms with Crippen LogP contribution in [0.25, 0.3) is 60.5 Å². The molecule has 0 aliphatic heterocycles. The van der Waals surface area contributed by atoms with Gasteiger partial charge in [0.05, 0.1) is 5.41 Å². The third-order valence-corrected chi connectivity index (χ3v) is 12.5. The normalized spacial score (nSPS) is 17.7. The van der Waals surface area contributed by atoms with Gasteiger partial charge in [-0.25, -0.2) is 0 Å². The number of aryl methyl sites for hydroxylation is 2. The van der Waals surface area contributed by atoms with Gasteiger partial charge in [0.1, 0.15) is 0 Å². The van der Waals surface area contributed by atoms with Crippen molar-refractivity contribution in [2.75, 3.05) is 0 Å². The fraction of sp³-hybridized carbons (Fsp3) is 0.0968. The summed E-state index contributed by atoms with van der Waals surface area (Å²) in [6.07, 6.45) is 21.1. The smallest absolute Gasteiger partial charge is 0.0683 e. The van der Waals surface area contributed by atoms with Crippen LogP contribution in [0.1, 0.15) is 59.7 Å². The van der Waals surface area contributed by atoms with Crippen molar-refractivity contribution in [1.82, 2.24) is 0 Å². The Morgan fingerprint density at radius 3 is 1.52 bits per heavy atom. The van der Waals surface area contributed by atoms with Gasteiger partial charge in [0.25, 0.3) is 0 Å². The van der Waals surface area contributed by atoms with E-state index in [0.29, 0.717) is 0 Å². The molecule has 1 spiro atoms. The van der Waals surface area contributed by atoms with Crippen molar-refractivity contribution in [2.24, 2.45) is 0 Å². The molecule has 0 N–H and O–H groups in total. The van der Waals surface area contributed by atoms with Crippen LogP contribution in [0.15, 0.2) is 230 Å². The molecule has 300 valence electrons. The summed E-state index contributed by atoms with van der Waals surface area (Å²) in [4.78, 5) is 0. The van der Waals surface area contributed by atoms with Crippen LogP contribution >= 0.6 is 0 Å². The highest BCUT2D eigenvalue weighted by atomic mass is 14.5. The molecule has 0 amide bonds. The number of fused-ring (bicyclic) bond motifs is 13. The first kappa shape index (κ1) is 40.1. The van der Waals surface area contributed by atoms with Gasteiger partial charge in [-0.2, -0.15) is 0 Å². The molecule has 0 saturated heterocycles. The SMILES string of the molecule is CC.CC1=C(c2cc(-c3ccc4ccc5c(c4c3)C3(c4ccccc4-c4ccccc43)c3ccccc3-5)ccc2C)/C=C/C=C\C=C/C=C/C=C\1.Cc1ccc2ccccc2c1. The summed E-state index contributed by atoms with van der Waals surface area (Å²) in [6, 6.07) is 60.8. The molecule has 0 heteroatoms. The first-order chi connectivity index (χ1) is 30.5. The number of rotatable bonds is 2. The summed E-state index contributed by atoms with van der Waals surface area (Å²) in [6.45, 7) is 10.5. The minimum atomic E-state index is -0.375. The highest BCUT2D eigenvalue weighted by molar-refractivity contribution is 6.05. The van der Waals surface area contributed by atoms with Crippen LogP contribution in [0, 0.1) is 13.8 Å². The maximum absolute atomic E-state index is 2.46. The van der Waals surface area contributed by atoms with Crippen LogP contribution in [0.5, 0.6) is 0 Å². The summed E-state index contributed by atoms with van der Waals surface area (Å²) in [5, 5.41) is 5.23. The van der Waals surface area contributed by atoms with E-state index in [1.165, 1.54) is 105 Å². The molecule has 0 radical (unpaired) electrons. The predicted octanol–water partition coefficient (Wildman–Crippen LogP) is 16.9. The zero-order valence-corrected chi connectivity index (χ0v) is 36.4. The van der Waals surface area contributed by atoms with E-state index in [4.69, 9.17) is 0 Å². The predicted molar refractivity (Wildman–Crippen MR) is 269 cm³/mol. The Labute approximate surface area is 368 Å². The molecule has 8 aromatic carbocycles. The zero-order chi connectivity index (χ0) is 42.6. The summed E-state index contributed by atoms with van der Waals surface area (Å²) >= 11 is 0. The van der Waals surface area contributed by atoms with Crippen molar-refractivity contribution in [1.29, 1.82) is 0 Å². The van der Waals surface area contributed by atoms with Crippen LogP contribution in [0.4, 0.5) is 0 Å². The number of hydrogen-bond donors (Lipinski definition) is 0. The molecule has 62 heavy (non-hydrogen) atoms. The summed E-state index contributed by atoms with van der Waals surface area (Å²) in [7, 11) is 0. The Morgan fingerprint density at radius 2 is 0.855 bits per heavy atom. The van der Waals surface area contributed by atoms with E-state index in [-0.39, 0.29) is 5.41 Å². The second kappa shape index (κ2) is 17.4. The molecule has 0 fully saturated rings. The van der Waals surface area contributed by atoms with Crippen LogP contribution in [-0.4, -0.2) is 0 Å². The third-order valence-electron chi connectivity index (χ3n) is 12.5. The average Bonchev–Trinajstić information content (AvgIpc) is 3.79. The standard InChI is InChI=1S/C49H36.C11H10.C2H6/c1-33-17-9-7-5-3-4-6-8-10-18-38(33)43-31-36(26-25-34(43)2)37-28-27-35-29-30-42-41-21-13-16-24-47(41)49(48(42)44(35)32-37)45-22-14-11-19-39(45)40-20-12-15-23-46(40)49;1-9-6-7-10-4-2-3-5-11(10)8-9;1-2/h3-32H,1-2H3;2-8H,1H3;1-2H3/b4-3-,5-3?,6-4?,7-5+,8-6-,9-7?,10-8?,17-9-,18-10+,33-17?,38-18?,38-33+;;. The van der Waals surface area contributed by atoms with Gasteiger partial charge in [-0.1, -0.05) is 232 Å². The molecule has 11 rings (SSSR count). The average molecular weight is 797 g/mol. The summed E-state index contributed by atoms with van der Waals surface area (Å²) < 4.78 is 0. The van der Waals surface area contributed by atoms with Crippen LogP contribution in [0.3, 0.4) is 0 Å². The minimum absolute atomic E-state index is 0.375. The van der Waals surface area contributed by atoms with E-state index in [9.17, 15) is 0 Å². The van der Waals surface area contributed by atoms with E-state index in [1.807, 2.05) is 19.9 Å². The van der Waals surface area contributed by atoms with Crippen LogP contribution in [-0.2, 0) is 5.41 Å². The summed E-state index contributed by atoms with van der Waals surface area (Å²) in [5.74, 6) is 0. The van der Waals surface area contributed by atoms with Gasteiger partial charge < -0.3 is 0 Å². The first-order valence-corrected chi connectivity index (χ1v) is 22.0. The van der Waals surface area contributed by atoms with Crippen molar-refractivity contribution in [3.63, 3.8) is 0 Å². The van der Waals surface area contributed by atoms with Crippen molar-refractivity contribution in [2.45, 2.75) is 40.0 Å². The summed E-state index contributed by atoms with van der Waals surface area (Å²) in [5.41, 5.74) is 19.2. The van der Waals surface area contributed by atoms with Crippen molar-refractivity contribution >= 4 is 27.1 Å². The van der Waals surface area contributed by atoms with Gasteiger partial charge in [0, 0.05) is 0 Å². The maximum Gasteiger partial charge on any atom is 0.0731 e. The molecule has 0 unspecified atom stereocenters. The van der Waals surface area contributed by atoms with Gasteiger partial charge in [-0.05, 0) is 132 Å². The second-order valence-electron chi connectivity index (χ2n) is 16.2. The van der Waals surface area contributed by atoms with E-state index in [2.05, 4.69) is 239 Å². The zero-order valence-electron chi connectivity index (χ0n) is 36.4. The monoisotopic (exact) mass is 796 g/mol. The molecule has 0 bridgehead atoms. The Morgan fingerprint density at radius 1 is 0.355 bits per heavy atom. The van der Waals surface area contributed by atoms with Crippen molar-refractivity contribution in [3.8, 4) is 33.4 Å². The van der Waals surface area contributed by atoms with Crippen molar-refractivity contribution < 1.29 is 0 Å². The molecular weight excluding hydrogens is 745 g/mol. The first-order valence-electron chi connectivity index (χ1n) is 22.0. The molecule has 3 aliphatic carbocycles. The fourth-order valence-corrected chi connectivity index (χ4v) is 9.76. The minimum Gasteiger partial charge on any atom is -0.0683 e. The lowest BCUT2D eigenvalue weighted by molar-refractivity contribution is 0.801. The van der Waals surface area contributed by atoms with Gasteiger partial charge in [0.2, 0.25) is 0 Å². The quantitative estimate of drug-likeness (QED) is 0.163. The lowest BCUT2D eigenvalue weighted by Gasteiger charge is -2.31. The van der Waals surface area contributed by atoms with E-state index in [0.717, 1.165) is 0 Å². The highest BCUT2D eigenvalue weighted by Gasteiger charge is 2.52. The largest absolute Gasteiger partial charge is 0.0731 e. The fourth-order valence-electron chi connectivity index (χ4n) is 9.76. The van der Waals surface area contributed by atoms with Crippen LogP contribution in [0.2, 0.25) is 0 Å². The molecule has 0 saturated carbocycles. The van der Waals surface area contributed by atoms with Crippen molar-refractivity contribution in [3.05, 3.63) is 269 Å². The topological polar surface area (TPSA) is 0 Å². The highest BCUT2D eigenvalue weighted by Crippen LogP contribution is 2.64. The third kappa shape index (κ3) is 7.02. The van der Waals surface area contributed by atoms with E-state index >= 15 is 0 Å². The molecule has 0 atom stereocenters. The van der Waals surface area contributed by atoms with Gasteiger partial charge in [-0.3, -0.25) is 0 Å². The molecule has 0 heterocycles. The lowest BCUT2D eigenvalue weighted by Crippen LogP contribution is -2.26.